The van der Waals surface area contributed by atoms with E-state index in [1.807, 2.05) is 0 Å². The number of halogens is 1. The van der Waals surface area contributed by atoms with Crippen LogP contribution >= 0.6 is 11.6 Å². The van der Waals surface area contributed by atoms with Crippen LogP contribution in [0.3, 0.4) is 0 Å². The van der Waals surface area contributed by atoms with Gasteiger partial charge in [0.2, 0.25) is 5.95 Å². The number of hydrogen-bond donors (Lipinski definition) is 4. The number of nitrogens with two attached hydrogens (primary N) is 1. The Morgan fingerprint density at radius 3 is 2.82 bits per heavy atom. The summed E-state index contributed by atoms with van der Waals surface area (Å²) in [5.74, 6) is -0.375. The molecule has 3 heterocycles. The molecule has 5 atom stereocenters. The van der Waals surface area contributed by atoms with Crippen LogP contribution in [0.1, 0.15) is 13.2 Å². The Morgan fingerprint density at radius 1 is 1.41 bits per heavy atom. The van der Waals surface area contributed by atoms with Gasteiger partial charge in [0, 0.05) is 12.5 Å². The monoisotopic (exact) mass is 329 g/mol. The third-order valence-corrected chi connectivity index (χ3v) is 4.06. The summed E-state index contributed by atoms with van der Waals surface area (Å²) in [7, 11) is 0. The summed E-state index contributed by atoms with van der Waals surface area (Å²) in [6.45, 7) is 1.54. The first-order valence-electron chi connectivity index (χ1n) is 6.72. The Balaban J connectivity index is 2.01. The number of aromatic nitrogens is 4. The average molecular weight is 330 g/mol. The van der Waals surface area contributed by atoms with Crippen molar-refractivity contribution >= 4 is 28.7 Å². The predicted octanol–water partition coefficient (Wildman–Crippen LogP) is -0.691. The number of aliphatic hydroxyl groups excluding tert-OH is 3. The Kier molecular flexibility index (Phi) is 3.91. The third kappa shape index (κ3) is 2.31. The Hall–Kier alpha value is -1.52. The molecule has 22 heavy (non-hydrogen) atoms. The second-order valence-corrected chi connectivity index (χ2v) is 5.69. The first-order chi connectivity index (χ1) is 10.4. The lowest BCUT2D eigenvalue weighted by molar-refractivity contribution is -0.0601. The minimum absolute atomic E-state index is 0.0347. The van der Waals surface area contributed by atoms with E-state index in [0.717, 1.165) is 0 Å². The summed E-state index contributed by atoms with van der Waals surface area (Å²) < 4.78 is 7.13. The molecule has 0 radical (unpaired) electrons. The van der Waals surface area contributed by atoms with Gasteiger partial charge in [0.25, 0.3) is 0 Å². The van der Waals surface area contributed by atoms with Gasteiger partial charge in [-0.2, -0.15) is 9.97 Å². The van der Waals surface area contributed by atoms with E-state index in [0.29, 0.717) is 11.2 Å². The first-order valence-corrected chi connectivity index (χ1v) is 7.09. The topological polar surface area (TPSA) is 140 Å². The van der Waals surface area contributed by atoms with Crippen molar-refractivity contribution in [1.29, 1.82) is 0 Å². The van der Waals surface area contributed by atoms with E-state index >= 15 is 0 Å². The normalized spacial score (nSPS) is 30.0. The number of ether oxygens (including phenoxy) is 1. The molecule has 2 aromatic heterocycles. The number of nitrogens with zero attached hydrogens (tertiary/aromatic N) is 4. The van der Waals surface area contributed by atoms with E-state index in [-0.39, 0.29) is 23.6 Å². The quantitative estimate of drug-likeness (QED) is 0.542. The molecule has 10 heteroatoms. The lowest BCUT2D eigenvalue weighted by Crippen LogP contribution is -2.35. The van der Waals surface area contributed by atoms with E-state index in [4.69, 9.17) is 22.1 Å². The smallest absolute Gasteiger partial charge is 0.223 e. The van der Waals surface area contributed by atoms with Crippen LogP contribution in [-0.2, 0) is 4.74 Å². The van der Waals surface area contributed by atoms with Crippen molar-refractivity contribution in [2.24, 2.45) is 5.92 Å². The van der Waals surface area contributed by atoms with Crippen LogP contribution in [-0.4, -0.2) is 59.8 Å². The fourth-order valence-corrected chi connectivity index (χ4v) is 2.79. The zero-order chi connectivity index (χ0) is 16.0. The van der Waals surface area contributed by atoms with Crippen LogP contribution in [0, 0.1) is 5.92 Å². The molecule has 1 fully saturated rings. The van der Waals surface area contributed by atoms with Crippen LogP contribution in [0.25, 0.3) is 11.2 Å². The van der Waals surface area contributed by atoms with Gasteiger partial charge in [-0.3, -0.25) is 4.57 Å². The van der Waals surface area contributed by atoms with Crippen molar-refractivity contribution in [2.75, 3.05) is 12.3 Å². The van der Waals surface area contributed by atoms with Crippen LogP contribution < -0.4 is 5.73 Å². The van der Waals surface area contributed by atoms with Gasteiger partial charge < -0.3 is 25.8 Å². The molecule has 1 saturated heterocycles. The van der Waals surface area contributed by atoms with Crippen molar-refractivity contribution in [2.45, 2.75) is 31.5 Å². The van der Waals surface area contributed by atoms with Crippen LogP contribution in [0.5, 0.6) is 0 Å². The molecule has 1 aliphatic rings. The Bertz CT molecular complexity index is 695. The van der Waals surface area contributed by atoms with Crippen LogP contribution in [0.4, 0.5) is 5.95 Å². The fraction of sp³-hybridized carbons (Fsp3) is 0.583. The van der Waals surface area contributed by atoms with E-state index < -0.39 is 24.5 Å². The third-order valence-electron chi connectivity index (χ3n) is 3.79. The van der Waals surface area contributed by atoms with Crippen molar-refractivity contribution in [3.63, 3.8) is 0 Å². The van der Waals surface area contributed by atoms with Crippen molar-refractivity contribution in [3.8, 4) is 0 Å². The van der Waals surface area contributed by atoms with E-state index in [1.165, 1.54) is 10.9 Å². The number of anilines is 1. The highest BCUT2D eigenvalue weighted by Gasteiger charge is 2.46. The molecule has 0 aromatic carbocycles. The summed E-state index contributed by atoms with van der Waals surface area (Å²) in [5, 5.41) is 29.6. The second kappa shape index (κ2) is 5.60. The number of nitrogen functional groups attached to an aromatic ring is 1. The molecule has 120 valence electrons. The summed E-state index contributed by atoms with van der Waals surface area (Å²) in [6, 6.07) is 0. The Morgan fingerprint density at radius 2 is 2.14 bits per heavy atom. The molecule has 0 amide bonds. The maximum absolute atomic E-state index is 10.2. The molecule has 0 bridgehead atoms. The van der Waals surface area contributed by atoms with Gasteiger partial charge in [-0.15, -0.1) is 0 Å². The number of hydrogen-bond acceptors (Lipinski definition) is 8. The van der Waals surface area contributed by atoms with Gasteiger partial charge in [-0.1, -0.05) is 18.5 Å². The highest BCUT2D eigenvalue weighted by molar-refractivity contribution is 6.33. The first kappa shape index (κ1) is 15.4. The Labute approximate surface area is 130 Å². The van der Waals surface area contributed by atoms with E-state index in [2.05, 4.69) is 15.0 Å². The molecule has 5 unspecified atom stereocenters. The summed E-state index contributed by atoms with van der Waals surface area (Å²) in [4.78, 5) is 11.9. The van der Waals surface area contributed by atoms with Crippen LogP contribution in [0.15, 0.2) is 6.33 Å². The maximum atomic E-state index is 10.2. The molecule has 5 N–H and O–H groups in total. The molecule has 2 aromatic rings. The SMILES string of the molecule is CC(CO)C1OC(n2cnc3c(Cl)nc(N)nc32)C(O)C1O. The van der Waals surface area contributed by atoms with Gasteiger partial charge in [0.15, 0.2) is 17.0 Å². The summed E-state index contributed by atoms with van der Waals surface area (Å²) >= 11 is 5.96. The maximum Gasteiger partial charge on any atom is 0.223 e. The molecular formula is C12H16ClN5O4. The molecular weight excluding hydrogens is 314 g/mol. The van der Waals surface area contributed by atoms with Crippen molar-refractivity contribution in [1.82, 2.24) is 19.5 Å². The number of fused-ring (bicyclic) bond motifs is 1. The molecule has 9 nitrogen and oxygen atoms in total. The number of rotatable bonds is 3. The number of imidazole rings is 1. The fourth-order valence-electron chi connectivity index (χ4n) is 2.57. The standard InChI is InChI=1S/C12H16ClN5O4/c1-4(2-19)8-6(20)7(21)11(22-8)18-3-15-5-9(13)16-12(14)17-10(5)18/h3-4,6-8,11,19-21H,2H2,1H3,(H2,14,16,17). The number of aliphatic hydroxyl groups is 3. The van der Waals surface area contributed by atoms with E-state index in [9.17, 15) is 15.3 Å². The lowest BCUT2D eigenvalue weighted by Gasteiger charge is -2.19. The van der Waals surface area contributed by atoms with Crippen LogP contribution in [0.2, 0.25) is 5.15 Å². The zero-order valence-electron chi connectivity index (χ0n) is 11.7. The van der Waals surface area contributed by atoms with Gasteiger partial charge in [0.1, 0.15) is 17.7 Å². The predicted molar refractivity (Wildman–Crippen MR) is 76.9 cm³/mol. The zero-order valence-corrected chi connectivity index (χ0v) is 12.4. The van der Waals surface area contributed by atoms with Crippen molar-refractivity contribution in [3.05, 3.63) is 11.5 Å². The van der Waals surface area contributed by atoms with Gasteiger partial charge in [-0.25, -0.2) is 4.98 Å². The molecule has 1 aliphatic heterocycles. The summed E-state index contributed by atoms with van der Waals surface area (Å²) in [5.41, 5.74) is 6.19. The minimum Gasteiger partial charge on any atom is -0.396 e. The molecule has 0 saturated carbocycles. The highest BCUT2D eigenvalue weighted by Crippen LogP contribution is 2.35. The van der Waals surface area contributed by atoms with Crippen molar-refractivity contribution < 1.29 is 20.1 Å². The lowest BCUT2D eigenvalue weighted by atomic mass is 9.99. The molecule has 3 rings (SSSR count). The highest BCUT2D eigenvalue weighted by atomic mass is 35.5. The molecule has 0 spiro atoms. The van der Waals surface area contributed by atoms with Gasteiger partial charge in [-0.05, 0) is 0 Å². The van der Waals surface area contributed by atoms with Gasteiger partial charge in [0.05, 0.1) is 12.4 Å². The molecule has 0 aliphatic carbocycles. The second-order valence-electron chi connectivity index (χ2n) is 5.33. The summed E-state index contributed by atoms with van der Waals surface area (Å²) in [6.07, 6.45) is -2.58. The largest absolute Gasteiger partial charge is 0.396 e. The van der Waals surface area contributed by atoms with Gasteiger partial charge >= 0.3 is 0 Å². The van der Waals surface area contributed by atoms with E-state index in [1.54, 1.807) is 6.92 Å². The average Bonchev–Trinajstić information content (AvgIpc) is 3.01. The minimum atomic E-state index is -1.20.